The number of fused-ring (bicyclic) bond motifs is 1. The molecule has 1 N–H and O–H groups in total. The van der Waals surface area contributed by atoms with Crippen LogP contribution in [0.1, 0.15) is 34.8 Å². The number of carbonyl (C=O) groups excluding carboxylic acids is 1. The lowest BCUT2D eigenvalue weighted by Crippen LogP contribution is -2.36. The lowest BCUT2D eigenvalue weighted by Gasteiger charge is -2.35. The number of benzene rings is 1. The highest BCUT2D eigenvalue weighted by atomic mass is 16.5. The monoisotopic (exact) mass is 356 g/mol. The summed E-state index contributed by atoms with van der Waals surface area (Å²) in [5.41, 5.74) is 1.76. The Morgan fingerprint density at radius 2 is 1.96 bits per heavy atom. The van der Waals surface area contributed by atoms with E-state index in [0.717, 1.165) is 32.5 Å². The zero-order chi connectivity index (χ0) is 18.1. The highest BCUT2D eigenvalue weighted by molar-refractivity contribution is 5.89. The van der Waals surface area contributed by atoms with Crippen LogP contribution in [0.2, 0.25) is 0 Å². The van der Waals surface area contributed by atoms with E-state index in [-0.39, 0.29) is 18.1 Å². The minimum Gasteiger partial charge on any atom is -0.465 e. The third-order valence-corrected chi connectivity index (χ3v) is 5.74. The number of hydrogen-bond acceptors (Lipinski definition) is 6. The third kappa shape index (κ3) is 3.37. The van der Waals surface area contributed by atoms with Crippen LogP contribution in [-0.4, -0.2) is 57.0 Å². The second-order valence-electron chi connectivity index (χ2n) is 7.38. The molecule has 4 rings (SSSR count). The number of methoxy groups -OCH3 is 1. The molecule has 0 bridgehead atoms. The summed E-state index contributed by atoms with van der Waals surface area (Å²) in [6.45, 7) is 2.89. The van der Waals surface area contributed by atoms with Crippen LogP contribution in [0.4, 0.5) is 0 Å². The molecule has 1 saturated carbocycles. The molecule has 0 spiro atoms. The van der Waals surface area contributed by atoms with Crippen LogP contribution in [0.3, 0.4) is 0 Å². The van der Waals surface area contributed by atoms with Gasteiger partial charge in [0.25, 0.3) is 0 Å². The molecular weight excluding hydrogens is 332 g/mol. The molecule has 0 unspecified atom stereocenters. The van der Waals surface area contributed by atoms with E-state index in [1.165, 1.54) is 19.0 Å². The molecule has 1 aromatic carbocycles. The summed E-state index contributed by atoms with van der Waals surface area (Å²) >= 11 is 0. The van der Waals surface area contributed by atoms with Gasteiger partial charge in [-0.15, -0.1) is 0 Å². The van der Waals surface area contributed by atoms with E-state index in [1.54, 1.807) is 11.0 Å². The molecule has 2 heterocycles. The molecule has 7 heteroatoms. The maximum Gasteiger partial charge on any atom is 0.337 e. The number of aromatic nitrogens is 3. The van der Waals surface area contributed by atoms with E-state index in [4.69, 9.17) is 4.74 Å². The molecule has 138 valence electrons. The Bertz CT molecular complexity index is 747. The van der Waals surface area contributed by atoms with E-state index < -0.39 is 0 Å². The van der Waals surface area contributed by atoms with Crippen LogP contribution in [0.25, 0.3) is 0 Å². The summed E-state index contributed by atoms with van der Waals surface area (Å²) in [6.07, 6.45) is 4.61. The maximum atomic E-state index is 11.5. The first-order chi connectivity index (χ1) is 12.6. The van der Waals surface area contributed by atoms with Crippen molar-refractivity contribution in [1.29, 1.82) is 0 Å². The fourth-order valence-corrected chi connectivity index (χ4v) is 4.43. The Morgan fingerprint density at radius 3 is 2.62 bits per heavy atom. The predicted octanol–water partition coefficient (Wildman–Crippen LogP) is 1.51. The SMILES string of the molecule is COC(=O)c1ccc(CN2C[C@H]3C[C@@H](n4cncn4)[C@H](O)C[C@H]3C2)cc1. The molecule has 2 aliphatic rings. The summed E-state index contributed by atoms with van der Waals surface area (Å²) in [6, 6.07) is 7.63. The maximum absolute atomic E-state index is 11.5. The molecule has 1 aromatic heterocycles. The van der Waals surface area contributed by atoms with Crippen molar-refractivity contribution in [3.63, 3.8) is 0 Å². The van der Waals surface area contributed by atoms with E-state index in [0.29, 0.717) is 17.4 Å². The average Bonchev–Trinajstić information content (AvgIpc) is 3.30. The van der Waals surface area contributed by atoms with Gasteiger partial charge in [0.15, 0.2) is 0 Å². The van der Waals surface area contributed by atoms with E-state index in [2.05, 4.69) is 15.0 Å². The predicted molar refractivity (Wildman–Crippen MR) is 94.3 cm³/mol. The second-order valence-corrected chi connectivity index (χ2v) is 7.38. The van der Waals surface area contributed by atoms with Gasteiger partial charge in [0.1, 0.15) is 12.7 Å². The topological polar surface area (TPSA) is 80.5 Å². The largest absolute Gasteiger partial charge is 0.465 e. The molecule has 26 heavy (non-hydrogen) atoms. The van der Waals surface area contributed by atoms with Gasteiger partial charge >= 0.3 is 5.97 Å². The van der Waals surface area contributed by atoms with Crippen molar-refractivity contribution in [3.05, 3.63) is 48.0 Å². The Hall–Kier alpha value is -2.25. The quantitative estimate of drug-likeness (QED) is 0.837. The Morgan fingerprint density at radius 1 is 1.23 bits per heavy atom. The molecule has 0 amide bonds. The number of esters is 1. The van der Waals surface area contributed by atoms with Crippen LogP contribution in [-0.2, 0) is 11.3 Å². The van der Waals surface area contributed by atoms with E-state index in [1.807, 2.05) is 24.3 Å². The zero-order valence-corrected chi connectivity index (χ0v) is 14.9. The standard InChI is InChI=1S/C19H24N4O3/c1-26-19(25)14-4-2-13(3-5-14)8-22-9-15-6-17(23-12-20-11-21-23)18(24)7-16(15)10-22/h2-5,11-12,15-18,24H,6-10H2,1H3/t15-,16+,17-,18-/m1/s1. The van der Waals surface area contributed by atoms with Gasteiger partial charge in [-0.1, -0.05) is 12.1 Å². The number of carbonyl (C=O) groups is 1. The second kappa shape index (κ2) is 7.17. The number of rotatable bonds is 4. The molecule has 1 saturated heterocycles. The molecule has 0 radical (unpaired) electrons. The van der Waals surface area contributed by atoms with Crippen molar-refractivity contribution in [2.75, 3.05) is 20.2 Å². The normalized spacial score (nSPS) is 28.7. The number of likely N-dealkylation sites (tertiary alicyclic amines) is 1. The summed E-state index contributed by atoms with van der Waals surface area (Å²) in [5.74, 6) is 0.790. The molecule has 2 aromatic rings. The number of nitrogens with zero attached hydrogens (tertiary/aromatic N) is 4. The van der Waals surface area contributed by atoms with E-state index in [9.17, 15) is 9.90 Å². The summed E-state index contributed by atoms with van der Waals surface area (Å²) in [4.78, 5) is 18.0. The molecule has 1 aliphatic carbocycles. The fraction of sp³-hybridized carbons (Fsp3) is 0.526. The molecular formula is C19H24N4O3. The lowest BCUT2D eigenvalue weighted by molar-refractivity contribution is 0.0304. The number of ether oxygens (including phenoxy) is 1. The van der Waals surface area contributed by atoms with Gasteiger partial charge in [0, 0.05) is 19.6 Å². The minimum atomic E-state index is -0.364. The Kier molecular flexibility index (Phi) is 4.74. The van der Waals surface area contributed by atoms with Crippen LogP contribution in [0.15, 0.2) is 36.9 Å². The smallest absolute Gasteiger partial charge is 0.337 e. The lowest BCUT2D eigenvalue weighted by atomic mass is 9.77. The van der Waals surface area contributed by atoms with Crippen molar-refractivity contribution < 1.29 is 14.6 Å². The first kappa shape index (κ1) is 17.2. The van der Waals surface area contributed by atoms with E-state index >= 15 is 0 Å². The average molecular weight is 356 g/mol. The van der Waals surface area contributed by atoms with Crippen molar-refractivity contribution in [2.45, 2.75) is 31.5 Å². The third-order valence-electron chi connectivity index (χ3n) is 5.74. The summed E-state index contributed by atoms with van der Waals surface area (Å²) < 4.78 is 6.54. The van der Waals surface area contributed by atoms with Gasteiger partial charge in [0.05, 0.1) is 24.8 Å². The van der Waals surface area contributed by atoms with Crippen LogP contribution >= 0.6 is 0 Å². The van der Waals surface area contributed by atoms with Crippen LogP contribution < -0.4 is 0 Å². The van der Waals surface area contributed by atoms with Crippen molar-refractivity contribution in [3.8, 4) is 0 Å². The molecule has 4 atom stereocenters. The number of hydrogen-bond donors (Lipinski definition) is 1. The molecule has 1 aliphatic heterocycles. The van der Waals surface area contributed by atoms with Gasteiger partial charge in [-0.25, -0.2) is 14.5 Å². The van der Waals surface area contributed by atoms with Crippen LogP contribution in [0.5, 0.6) is 0 Å². The Labute approximate surface area is 152 Å². The van der Waals surface area contributed by atoms with Gasteiger partial charge < -0.3 is 9.84 Å². The summed E-state index contributed by atoms with van der Waals surface area (Å²) in [7, 11) is 1.39. The van der Waals surface area contributed by atoms with Crippen molar-refractivity contribution in [1.82, 2.24) is 19.7 Å². The summed E-state index contributed by atoms with van der Waals surface area (Å²) in [5, 5.41) is 14.7. The zero-order valence-electron chi connectivity index (χ0n) is 14.9. The van der Waals surface area contributed by atoms with Crippen LogP contribution in [0, 0.1) is 11.8 Å². The molecule has 7 nitrogen and oxygen atoms in total. The van der Waals surface area contributed by atoms with Gasteiger partial charge in [-0.2, -0.15) is 5.10 Å². The van der Waals surface area contributed by atoms with Crippen molar-refractivity contribution >= 4 is 5.97 Å². The fourth-order valence-electron chi connectivity index (χ4n) is 4.43. The minimum absolute atomic E-state index is 0.0260. The first-order valence-electron chi connectivity index (χ1n) is 9.06. The van der Waals surface area contributed by atoms with Gasteiger partial charge in [-0.05, 0) is 42.4 Å². The highest BCUT2D eigenvalue weighted by Crippen LogP contribution is 2.41. The highest BCUT2D eigenvalue weighted by Gasteiger charge is 2.42. The van der Waals surface area contributed by atoms with Gasteiger partial charge in [0.2, 0.25) is 0 Å². The first-order valence-corrected chi connectivity index (χ1v) is 9.06. The number of aliphatic hydroxyl groups excluding tert-OH is 1. The van der Waals surface area contributed by atoms with Crippen molar-refractivity contribution in [2.24, 2.45) is 11.8 Å². The Balaban J connectivity index is 1.38. The molecule has 2 fully saturated rings. The number of aliphatic hydroxyl groups is 1. The van der Waals surface area contributed by atoms with Gasteiger partial charge in [-0.3, -0.25) is 4.90 Å².